The average Bonchev–Trinajstić information content (AvgIpc) is 2.82. The molecule has 4 rings (SSSR count). The van der Waals surface area contributed by atoms with E-state index in [1.54, 1.807) is 13.2 Å². The summed E-state index contributed by atoms with van der Waals surface area (Å²) in [6.45, 7) is 1.74. The number of nitrogens with one attached hydrogen (secondary N) is 1. The molecule has 8 heteroatoms. The Kier molecular flexibility index (Phi) is 7.24. The molecule has 35 heavy (non-hydrogen) atoms. The largest absolute Gasteiger partial charge is 0.508 e. The van der Waals surface area contributed by atoms with Crippen molar-refractivity contribution in [2.24, 2.45) is 5.92 Å². The maximum absolute atomic E-state index is 13.0. The highest BCUT2D eigenvalue weighted by atomic mass is 19.4. The third-order valence-corrected chi connectivity index (χ3v) is 7.45. The monoisotopic (exact) mass is 488 g/mol. The first-order chi connectivity index (χ1) is 16.6. The van der Waals surface area contributed by atoms with Crippen LogP contribution in [-0.4, -0.2) is 55.3 Å². The molecule has 2 N–H and O–H groups in total. The van der Waals surface area contributed by atoms with Crippen LogP contribution in [0.2, 0.25) is 0 Å². The van der Waals surface area contributed by atoms with Gasteiger partial charge in [-0.25, -0.2) is 0 Å². The Balaban J connectivity index is 1.55. The number of piperidine rings is 1. The molecule has 0 bridgehead atoms. The molecule has 2 fully saturated rings. The smallest absolute Gasteiger partial charge is 0.416 e. The van der Waals surface area contributed by atoms with E-state index < -0.39 is 11.7 Å². The lowest BCUT2D eigenvalue weighted by molar-refractivity contribution is -0.137. The zero-order valence-electron chi connectivity index (χ0n) is 19.9. The van der Waals surface area contributed by atoms with Crippen LogP contribution in [0.3, 0.4) is 0 Å². The number of phenolic OH excluding ortho intramolecular Hbond substituents is 1. The van der Waals surface area contributed by atoms with Crippen molar-refractivity contribution in [1.82, 2.24) is 10.2 Å². The number of rotatable bonds is 5. The zero-order chi connectivity index (χ0) is 25.2. The molecule has 2 aromatic carbocycles. The average molecular weight is 489 g/mol. The van der Waals surface area contributed by atoms with Gasteiger partial charge in [-0.15, -0.1) is 0 Å². The van der Waals surface area contributed by atoms with Gasteiger partial charge in [-0.2, -0.15) is 13.2 Å². The van der Waals surface area contributed by atoms with Crippen LogP contribution in [0.4, 0.5) is 13.2 Å². The fraction of sp³-hybridized carbons (Fsp3) is 0.444. The summed E-state index contributed by atoms with van der Waals surface area (Å²) >= 11 is 0. The molecule has 0 aromatic heterocycles. The van der Waals surface area contributed by atoms with Crippen molar-refractivity contribution in [3.8, 4) is 5.75 Å². The molecule has 1 aliphatic heterocycles. The van der Waals surface area contributed by atoms with E-state index in [4.69, 9.17) is 4.74 Å². The van der Waals surface area contributed by atoms with Crippen molar-refractivity contribution in [2.75, 3.05) is 27.2 Å². The van der Waals surface area contributed by atoms with E-state index in [0.717, 1.165) is 37.2 Å². The Labute approximate surface area is 203 Å². The number of hydrogen-bond acceptors (Lipinski definition) is 4. The summed E-state index contributed by atoms with van der Waals surface area (Å²) < 4.78 is 44.8. The Bertz CT molecular complexity index is 1090. The van der Waals surface area contributed by atoms with Gasteiger partial charge in [-0.3, -0.25) is 4.79 Å². The Morgan fingerprint density at radius 1 is 1.23 bits per heavy atom. The maximum atomic E-state index is 13.0. The van der Waals surface area contributed by atoms with Crippen molar-refractivity contribution in [2.45, 2.75) is 43.0 Å². The number of fused-ring (bicyclic) bond motifs is 1. The van der Waals surface area contributed by atoms with E-state index >= 15 is 0 Å². The third kappa shape index (κ3) is 5.54. The molecule has 188 valence electrons. The minimum Gasteiger partial charge on any atom is -0.508 e. The minimum atomic E-state index is -4.44. The second kappa shape index (κ2) is 10.0. The molecular formula is C27H31F3N2O3. The number of aromatic hydroxyl groups is 1. The van der Waals surface area contributed by atoms with Gasteiger partial charge >= 0.3 is 6.18 Å². The van der Waals surface area contributed by atoms with Gasteiger partial charge in [0.05, 0.1) is 11.7 Å². The van der Waals surface area contributed by atoms with E-state index in [9.17, 15) is 23.1 Å². The number of likely N-dealkylation sites (tertiary alicyclic amines) is 1. The molecule has 1 saturated heterocycles. The van der Waals surface area contributed by atoms with Crippen molar-refractivity contribution < 1.29 is 27.8 Å². The summed E-state index contributed by atoms with van der Waals surface area (Å²) in [5.41, 5.74) is 0.320. The summed E-state index contributed by atoms with van der Waals surface area (Å²) in [6, 6.07) is 12.0. The topological polar surface area (TPSA) is 61.8 Å². The molecule has 1 amide bonds. The molecular weight excluding hydrogens is 457 g/mol. The van der Waals surface area contributed by atoms with Gasteiger partial charge in [0.25, 0.3) is 0 Å². The molecule has 1 aliphatic carbocycles. The number of ether oxygens (including phenoxy) is 1. The molecule has 0 radical (unpaired) electrons. The lowest BCUT2D eigenvalue weighted by Gasteiger charge is -2.55. The number of amides is 1. The molecule has 4 atom stereocenters. The maximum Gasteiger partial charge on any atom is 0.416 e. The normalized spacial score (nSPS) is 27.5. The van der Waals surface area contributed by atoms with E-state index in [2.05, 4.69) is 17.3 Å². The number of nitrogens with zero attached hydrogens (tertiary/aromatic N) is 1. The van der Waals surface area contributed by atoms with Crippen molar-refractivity contribution in [1.29, 1.82) is 0 Å². The predicted molar refractivity (Wildman–Crippen MR) is 128 cm³/mol. The zero-order valence-corrected chi connectivity index (χ0v) is 19.9. The van der Waals surface area contributed by atoms with Gasteiger partial charge in [-0.1, -0.05) is 24.3 Å². The highest BCUT2D eigenvalue weighted by Crippen LogP contribution is 2.50. The second-order valence-electron chi connectivity index (χ2n) is 9.70. The molecule has 2 aliphatic rings. The van der Waals surface area contributed by atoms with Crippen LogP contribution in [-0.2, 0) is 21.1 Å². The molecule has 0 spiro atoms. The Morgan fingerprint density at radius 3 is 2.71 bits per heavy atom. The van der Waals surface area contributed by atoms with E-state index in [-0.39, 0.29) is 35.1 Å². The predicted octanol–water partition coefficient (Wildman–Crippen LogP) is 4.61. The number of benzene rings is 2. The molecule has 1 heterocycles. The number of phenols is 1. The first-order valence-electron chi connectivity index (χ1n) is 11.8. The lowest BCUT2D eigenvalue weighted by atomic mass is 9.57. The van der Waals surface area contributed by atoms with Crippen molar-refractivity contribution in [3.05, 3.63) is 71.3 Å². The first kappa shape index (κ1) is 25.3. The molecule has 4 unspecified atom stereocenters. The number of methoxy groups -OCH3 is 1. The van der Waals surface area contributed by atoms with Crippen molar-refractivity contribution >= 4 is 12.0 Å². The summed E-state index contributed by atoms with van der Waals surface area (Å²) in [5.74, 6) is 0.0419. The van der Waals surface area contributed by atoms with Crippen LogP contribution in [0, 0.1) is 5.92 Å². The van der Waals surface area contributed by atoms with Crippen LogP contribution < -0.4 is 5.32 Å². The Hall–Kier alpha value is -2.84. The van der Waals surface area contributed by atoms with Gasteiger partial charge in [0, 0.05) is 37.1 Å². The number of carbonyl (C=O) groups excluding carboxylic acids is 1. The Morgan fingerprint density at radius 2 is 2.00 bits per heavy atom. The summed E-state index contributed by atoms with van der Waals surface area (Å²) in [5, 5.41) is 13.2. The van der Waals surface area contributed by atoms with Gasteiger partial charge in [-0.05, 0) is 74.3 Å². The van der Waals surface area contributed by atoms with Gasteiger partial charge in [0.1, 0.15) is 5.75 Å². The highest BCUT2D eigenvalue weighted by Gasteiger charge is 2.52. The van der Waals surface area contributed by atoms with Crippen LogP contribution in [0.5, 0.6) is 5.75 Å². The molecule has 5 nitrogen and oxygen atoms in total. The quantitative estimate of drug-likeness (QED) is 0.604. The third-order valence-electron chi connectivity index (χ3n) is 7.45. The van der Waals surface area contributed by atoms with Crippen LogP contribution >= 0.6 is 0 Å². The van der Waals surface area contributed by atoms with E-state index in [1.807, 2.05) is 18.2 Å². The number of carbonyl (C=O) groups is 1. The van der Waals surface area contributed by atoms with Gasteiger partial charge in [0.2, 0.25) is 5.91 Å². The van der Waals surface area contributed by atoms with Crippen molar-refractivity contribution in [3.63, 3.8) is 0 Å². The fourth-order valence-corrected chi connectivity index (χ4v) is 5.77. The molecule has 1 saturated carbocycles. The number of halogens is 3. The second-order valence-corrected chi connectivity index (χ2v) is 9.70. The van der Waals surface area contributed by atoms with E-state index in [1.165, 1.54) is 24.3 Å². The summed E-state index contributed by atoms with van der Waals surface area (Å²) in [4.78, 5) is 15.0. The lowest BCUT2D eigenvalue weighted by Crippen LogP contribution is -2.60. The number of alkyl halides is 3. The fourth-order valence-electron chi connectivity index (χ4n) is 5.77. The minimum absolute atomic E-state index is 0.0911. The summed E-state index contributed by atoms with van der Waals surface area (Å²) in [7, 11) is 3.77. The summed E-state index contributed by atoms with van der Waals surface area (Å²) in [6.07, 6.45) is 0.338. The van der Waals surface area contributed by atoms with Gasteiger partial charge < -0.3 is 20.1 Å². The van der Waals surface area contributed by atoms with Crippen LogP contribution in [0.1, 0.15) is 36.0 Å². The molecule has 2 aromatic rings. The van der Waals surface area contributed by atoms with E-state index in [0.29, 0.717) is 18.4 Å². The van der Waals surface area contributed by atoms with Crippen LogP contribution in [0.15, 0.2) is 54.6 Å². The SMILES string of the molecule is COC1CC(NC(=O)/C=C/c2cccc(C(F)(F)F)c2)CC2(c3cccc(O)c3)CCN(C)CC12. The van der Waals surface area contributed by atoms with Crippen LogP contribution in [0.25, 0.3) is 6.08 Å². The number of hydrogen-bond donors (Lipinski definition) is 2. The van der Waals surface area contributed by atoms with Gasteiger partial charge in [0.15, 0.2) is 0 Å². The standard InChI is InChI=1S/C27H31F3N2O3/c1-32-12-11-26(19-6-4-8-22(33)14-19)16-21(15-24(35-2)23(26)17-32)31-25(34)10-9-18-5-3-7-20(13-18)27(28,29)30/h3-10,13-14,21,23-24,33H,11-12,15-17H2,1-2H3,(H,31,34)/b10-9+. The highest BCUT2D eigenvalue weighted by molar-refractivity contribution is 5.92. The first-order valence-corrected chi connectivity index (χ1v) is 11.8.